The molecule has 23 heteroatoms. The van der Waals surface area contributed by atoms with Crippen molar-refractivity contribution in [2.75, 3.05) is 45.9 Å². The number of benzene rings is 6. The Morgan fingerprint density at radius 3 is 1.37 bits per heavy atom. The van der Waals surface area contributed by atoms with Crippen LogP contribution in [0, 0.1) is 45.8 Å². The lowest BCUT2D eigenvalue weighted by Crippen LogP contribution is -2.47. The maximum Gasteiger partial charge on any atom is 0.306 e. The lowest BCUT2D eigenvalue weighted by Gasteiger charge is -2.40. The fourth-order valence-electron chi connectivity index (χ4n) is 18.1. The van der Waals surface area contributed by atoms with Crippen LogP contribution < -0.4 is 14.2 Å². The number of aromatic nitrogens is 6. The van der Waals surface area contributed by atoms with E-state index in [4.69, 9.17) is 38.2 Å². The van der Waals surface area contributed by atoms with Gasteiger partial charge < -0.3 is 43.5 Å². The van der Waals surface area contributed by atoms with Gasteiger partial charge in [-0.2, -0.15) is 25.8 Å². The number of rotatable bonds is 18. The van der Waals surface area contributed by atoms with Gasteiger partial charge in [-0.3, -0.25) is 24.2 Å². The van der Waals surface area contributed by atoms with Crippen molar-refractivity contribution in [1.82, 2.24) is 44.9 Å². The minimum absolute atomic E-state index is 0.0204. The average Bonchev–Trinajstić information content (AvgIpc) is 1.59. The third-order valence-electron chi connectivity index (χ3n) is 23.6. The van der Waals surface area contributed by atoms with Gasteiger partial charge in [-0.25, -0.2) is 9.97 Å². The fourth-order valence-corrected chi connectivity index (χ4v) is 18.1. The number of nitriles is 3. The second kappa shape index (κ2) is 30.1. The van der Waals surface area contributed by atoms with Crippen LogP contribution in [0.4, 0.5) is 0 Å². The third-order valence-corrected chi connectivity index (χ3v) is 23.6. The summed E-state index contributed by atoms with van der Waals surface area (Å²) in [6.45, 7) is 16.6. The smallest absolute Gasteiger partial charge is 0.306 e. The summed E-state index contributed by atoms with van der Waals surface area (Å²) in [5.41, 5.74) is 14.9. The van der Waals surface area contributed by atoms with Crippen LogP contribution in [0.5, 0.6) is 17.2 Å². The molecule has 6 aromatic carbocycles. The molecule has 5 fully saturated rings. The zero-order valence-corrected chi connectivity index (χ0v) is 62.2. The molecule has 2 saturated carbocycles. The first-order valence-corrected chi connectivity index (χ1v) is 38.0. The topological polar surface area (TPSA) is 324 Å². The molecule has 8 aliphatic rings. The number of aliphatic carboxylic acids is 2. The van der Waals surface area contributed by atoms with Gasteiger partial charge >= 0.3 is 11.9 Å². The predicted octanol–water partition coefficient (Wildman–Crippen LogP) is 13.5. The zero-order chi connectivity index (χ0) is 76.0. The van der Waals surface area contributed by atoms with Crippen molar-refractivity contribution in [2.45, 2.75) is 172 Å². The van der Waals surface area contributed by atoms with Gasteiger partial charge in [0.2, 0.25) is 17.6 Å². The summed E-state index contributed by atoms with van der Waals surface area (Å²) in [5.74, 6) is 2.56. The summed E-state index contributed by atoms with van der Waals surface area (Å²) in [5, 5.41) is 65.2. The molecular formula is C86H88N12O11. The molecule has 0 bridgehead atoms. The first kappa shape index (κ1) is 73.4. The van der Waals surface area contributed by atoms with E-state index in [2.05, 4.69) is 85.8 Å². The molecule has 17 rings (SSSR count). The van der Waals surface area contributed by atoms with E-state index in [0.29, 0.717) is 106 Å². The van der Waals surface area contributed by atoms with Crippen LogP contribution in [0.2, 0.25) is 0 Å². The predicted molar refractivity (Wildman–Crippen MR) is 404 cm³/mol. The molecule has 558 valence electrons. The van der Waals surface area contributed by atoms with E-state index in [9.17, 15) is 45.5 Å². The molecule has 109 heavy (non-hydrogen) atoms. The van der Waals surface area contributed by atoms with Crippen LogP contribution in [0.3, 0.4) is 0 Å². The van der Waals surface area contributed by atoms with Gasteiger partial charge in [-0.15, -0.1) is 0 Å². The van der Waals surface area contributed by atoms with E-state index in [1.165, 1.54) is 33.4 Å². The maximum absolute atomic E-state index is 12.6. The van der Waals surface area contributed by atoms with E-state index in [1.54, 1.807) is 41.4 Å². The number of hydrogen-bond acceptors (Lipinski definition) is 20. The van der Waals surface area contributed by atoms with E-state index < -0.39 is 11.9 Å². The number of β-amino-alcohol motifs (C(OH)–C–C–N with tert-alkyl or cyclic N) is 1. The van der Waals surface area contributed by atoms with Crippen LogP contribution in [0.25, 0.3) is 68.3 Å². The van der Waals surface area contributed by atoms with Gasteiger partial charge in [0.25, 0.3) is 11.8 Å². The maximum atomic E-state index is 12.6. The van der Waals surface area contributed by atoms with Gasteiger partial charge in [0.05, 0.1) is 59.1 Å². The van der Waals surface area contributed by atoms with E-state index in [-0.39, 0.29) is 58.9 Å². The highest BCUT2D eigenvalue weighted by atomic mass is 16.5. The Morgan fingerprint density at radius 2 is 0.945 bits per heavy atom. The highest BCUT2D eigenvalue weighted by Crippen LogP contribution is 2.53. The van der Waals surface area contributed by atoms with Crippen molar-refractivity contribution in [3.8, 4) is 104 Å². The van der Waals surface area contributed by atoms with Crippen LogP contribution in [-0.2, 0) is 49.9 Å². The first-order chi connectivity index (χ1) is 52.7. The van der Waals surface area contributed by atoms with Crippen LogP contribution in [0.1, 0.15) is 156 Å². The van der Waals surface area contributed by atoms with Crippen molar-refractivity contribution in [3.63, 3.8) is 0 Å². The molecule has 1 amide bonds. The number of carboxylic acid groups (broad SMARTS) is 2. The fraction of sp³-hybridized carbons (Fsp3) is 0.419. The summed E-state index contributed by atoms with van der Waals surface area (Å²) in [6, 6.07) is 44.4. The van der Waals surface area contributed by atoms with Gasteiger partial charge in [0.15, 0.2) is 5.82 Å². The van der Waals surface area contributed by atoms with Crippen molar-refractivity contribution in [1.29, 1.82) is 15.8 Å². The number of hydrogen-bond donors (Lipinski definition) is 3. The molecule has 6 heterocycles. The Bertz CT molecular complexity index is 4920. The summed E-state index contributed by atoms with van der Waals surface area (Å²) in [7, 11) is 0. The van der Waals surface area contributed by atoms with Gasteiger partial charge in [0.1, 0.15) is 35.5 Å². The Morgan fingerprint density at radius 1 is 0.532 bits per heavy atom. The second-order valence-corrected chi connectivity index (χ2v) is 31.4. The monoisotopic (exact) mass is 1460 g/mol. The molecule has 3 spiro atoms. The molecule has 3 atom stereocenters. The number of amides is 1. The number of carboxylic acids is 2. The lowest BCUT2D eigenvalue weighted by molar-refractivity contribution is -0.147. The summed E-state index contributed by atoms with van der Waals surface area (Å²) in [4.78, 5) is 60.7. The lowest BCUT2D eigenvalue weighted by atomic mass is 9.78. The van der Waals surface area contributed by atoms with Gasteiger partial charge in [-0.05, 0) is 226 Å². The number of ether oxygens (including phenoxy) is 3. The average molecular weight is 1470 g/mol. The Labute approximate surface area is 633 Å². The molecule has 23 nitrogen and oxygen atoms in total. The minimum Gasteiger partial charge on any atom is -0.490 e. The van der Waals surface area contributed by atoms with Crippen molar-refractivity contribution in [2.24, 2.45) is 11.8 Å². The van der Waals surface area contributed by atoms with Crippen LogP contribution >= 0.6 is 0 Å². The number of fused-ring (bicyclic) bond motifs is 6. The van der Waals surface area contributed by atoms with Crippen LogP contribution in [-0.4, -0.2) is 154 Å². The van der Waals surface area contributed by atoms with Crippen LogP contribution in [0.15, 0.2) is 131 Å². The summed E-state index contributed by atoms with van der Waals surface area (Å²) in [6.07, 6.45) is 13.2. The highest BCUT2D eigenvalue weighted by Gasteiger charge is 2.52. The summed E-state index contributed by atoms with van der Waals surface area (Å²) >= 11 is 0. The quantitative estimate of drug-likeness (QED) is 0.0718. The molecule has 5 aliphatic carbocycles. The summed E-state index contributed by atoms with van der Waals surface area (Å²) < 4.78 is 28.5. The Balaban J connectivity index is 0.000000130. The van der Waals surface area contributed by atoms with Crippen molar-refractivity contribution in [3.05, 3.63) is 172 Å². The molecule has 9 aromatic rings. The van der Waals surface area contributed by atoms with E-state index in [1.807, 2.05) is 84.0 Å². The number of carbonyl (C=O) groups is 3. The number of carbonyl (C=O) groups excluding carboxylic acids is 1. The highest BCUT2D eigenvalue weighted by molar-refractivity contribution is 5.83. The SMILES string of the molecule is CC(C)Oc1ccc(-c2ccnc(-c3cccc4c3CC[C@@]43CC(=O)N(CCO)C3)n2)cc1C#N.CC(C)Oc1ccc(-c2nc(-c3cccc4c3CC[C@@]43CCN(C4CC(C(=O)O)C4)C3)no2)cc1C#N.CC(C)Oc1ccc(-c2nc(-c3cccc4c3CC[C@]43CCN(C4CC(C(=O)O)C4)C3)no2)cc1C#N. The molecule has 3 aromatic heterocycles. The Kier molecular flexibility index (Phi) is 20.3. The first-order valence-electron chi connectivity index (χ1n) is 38.0. The largest absolute Gasteiger partial charge is 0.490 e. The number of aliphatic hydroxyl groups excluding tert-OH is 1. The molecule has 3 saturated heterocycles. The van der Waals surface area contributed by atoms with E-state index in [0.717, 1.165) is 131 Å². The molecule has 3 N–H and O–H groups in total. The zero-order valence-electron chi connectivity index (χ0n) is 62.2. The van der Waals surface area contributed by atoms with Crippen molar-refractivity contribution < 1.29 is 53.0 Å². The number of aliphatic hydroxyl groups is 1. The Hall–Kier alpha value is -11.2. The van der Waals surface area contributed by atoms with E-state index >= 15 is 0 Å². The van der Waals surface area contributed by atoms with Crippen molar-refractivity contribution >= 4 is 17.8 Å². The normalized spacial score (nSPS) is 22.8. The molecule has 0 radical (unpaired) electrons. The van der Waals surface area contributed by atoms with Gasteiger partial charge in [-0.1, -0.05) is 64.9 Å². The standard InChI is InChI=1S/2C29H30N4O4.C28H28N4O3/c2*1-17(2)36-25-7-6-18(12-20(25)15-30)27-31-26(32-37-27)23-4-3-5-24-22(23)8-9-29(24)10-11-33(16-29)21-13-19(14-21)28(34)35;1-18(2)35-25-7-6-19(14-20(25)16-29)24-9-11-30-27(31-24)22-4-3-5-23-21(22)8-10-28(23)15-26(34)32(17-28)12-13-33/h2*3-7,12,17,19,21H,8-11,13-14,16H2,1-2H3,(H,34,35);3-7,9,11,14,18,33H,8,10,12-13,15,17H2,1-2H3/t2*19?,21?,29-;28-/m100/s1. The molecular weight excluding hydrogens is 1380 g/mol. The minimum atomic E-state index is -0.663. The number of likely N-dealkylation sites (tertiary alicyclic amines) is 3. The molecule has 3 aliphatic heterocycles. The molecule has 0 unspecified atom stereocenters. The van der Waals surface area contributed by atoms with Gasteiger partial charge in [0, 0.05) is 101 Å². The third kappa shape index (κ3) is 14.3. The number of nitrogens with zero attached hydrogens (tertiary/aromatic N) is 12. The second-order valence-electron chi connectivity index (χ2n) is 31.4.